The Kier molecular flexibility index (Phi) is 5.20. The predicted octanol–water partition coefficient (Wildman–Crippen LogP) is -0.341. The van der Waals surface area contributed by atoms with Crippen LogP contribution < -0.4 is 16.4 Å². The Morgan fingerprint density at radius 1 is 0.667 bits per heavy atom. The van der Waals surface area contributed by atoms with Crippen LogP contribution in [0.4, 0.5) is 4.39 Å². The van der Waals surface area contributed by atoms with Crippen molar-refractivity contribution in [1.29, 1.82) is 5.26 Å². The van der Waals surface area contributed by atoms with Gasteiger partial charge in [-0.15, -0.1) is 0 Å². The Hall–Kier alpha value is -3.72. The van der Waals surface area contributed by atoms with Crippen LogP contribution in [0.3, 0.4) is 0 Å². The second-order valence-corrected chi connectivity index (χ2v) is 7.09. The number of nitrogens with zero attached hydrogens (tertiary/aromatic N) is 4. The summed E-state index contributed by atoms with van der Waals surface area (Å²) in [4.78, 5) is 14.1. The van der Waals surface area contributed by atoms with Crippen molar-refractivity contribution in [1.82, 2.24) is 15.0 Å². The molecule has 140 valence electrons. The average molecular weight is 388 g/mol. The number of hydrogen-bond acceptors (Lipinski definition) is 4. The van der Waals surface area contributed by atoms with Gasteiger partial charge in [0.15, 0.2) is 17.5 Å². The maximum Gasteiger partial charge on any atom is 0.164 e. The first-order chi connectivity index (χ1) is 14.5. The lowest BCUT2D eigenvalue weighted by Gasteiger charge is -2.16. The highest BCUT2D eigenvalue weighted by Gasteiger charge is 2.21. The van der Waals surface area contributed by atoms with Gasteiger partial charge in [0.05, 0.1) is 5.56 Å². The maximum atomic E-state index is 14.6. The quantitative estimate of drug-likeness (QED) is 0.451. The largest absolute Gasteiger partial charge is 0.208 e. The van der Waals surface area contributed by atoms with Gasteiger partial charge >= 0.3 is 0 Å². The molecule has 0 unspecified atom stereocenters. The molecule has 4 rings (SSSR count). The van der Waals surface area contributed by atoms with E-state index in [-0.39, 0.29) is 5.56 Å². The molecular formula is C22H16B3FN4. The molecule has 0 aliphatic carbocycles. The minimum Gasteiger partial charge on any atom is -0.208 e. The van der Waals surface area contributed by atoms with E-state index in [1.165, 1.54) is 0 Å². The number of rotatable bonds is 3. The molecule has 8 heteroatoms. The van der Waals surface area contributed by atoms with E-state index < -0.39 is 5.82 Å². The molecule has 0 aliphatic rings. The molecular weight excluding hydrogens is 372 g/mol. The van der Waals surface area contributed by atoms with Crippen molar-refractivity contribution in [2.75, 3.05) is 0 Å². The van der Waals surface area contributed by atoms with Crippen LogP contribution in [0, 0.1) is 17.1 Å². The molecule has 30 heavy (non-hydrogen) atoms. The Morgan fingerprint density at radius 3 is 1.60 bits per heavy atom. The third kappa shape index (κ3) is 3.39. The Bertz CT molecular complexity index is 1230. The van der Waals surface area contributed by atoms with Crippen LogP contribution >= 0.6 is 0 Å². The summed E-state index contributed by atoms with van der Waals surface area (Å²) < 4.78 is 14.6. The molecule has 0 N–H and O–H groups in total. The number of hydrogen-bond donors (Lipinski definition) is 0. The molecule has 0 saturated carbocycles. The summed E-state index contributed by atoms with van der Waals surface area (Å²) in [7, 11) is 5.24. The van der Waals surface area contributed by atoms with E-state index in [9.17, 15) is 9.65 Å². The van der Waals surface area contributed by atoms with Gasteiger partial charge in [-0.05, 0) is 0 Å². The van der Waals surface area contributed by atoms with Crippen LogP contribution in [0.15, 0.2) is 60.7 Å². The number of nitriles is 1. The molecule has 0 saturated heterocycles. The van der Waals surface area contributed by atoms with Gasteiger partial charge in [0, 0.05) is 16.7 Å². The van der Waals surface area contributed by atoms with Crippen molar-refractivity contribution in [3.05, 3.63) is 72.0 Å². The van der Waals surface area contributed by atoms with Crippen LogP contribution in [-0.4, -0.2) is 38.5 Å². The molecule has 0 aliphatic heterocycles. The average Bonchev–Trinajstić information content (AvgIpc) is 2.79. The van der Waals surface area contributed by atoms with E-state index >= 15 is 0 Å². The third-order valence-electron chi connectivity index (χ3n) is 5.27. The van der Waals surface area contributed by atoms with E-state index in [1.54, 1.807) is 15.7 Å². The van der Waals surface area contributed by atoms with Gasteiger partial charge < -0.3 is 0 Å². The molecule has 4 aromatic rings. The number of aromatic nitrogens is 3. The van der Waals surface area contributed by atoms with E-state index in [0.29, 0.717) is 39.4 Å². The molecule has 0 amide bonds. The summed E-state index contributed by atoms with van der Waals surface area (Å²) in [5.74, 6) is 0.992. The molecule has 1 aromatic heterocycles. The van der Waals surface area contributed by atoms with Crippen molar-refractivity contribution in [2.24, 2.45) is 0 Å². The maximum absolute atomic E-state index is 14.6. The van der Waals surface area contributed by atoms with Gasteiger partial charge in [-0.25, -0.2) is 19.3 Å². The summed E-state index contributed by atoms with van der Waals surface area (Å²) in [6.45, 7) is 0. The topological polar surface area (TPSA) is 62.5 Å². The summed E-state index contributed by atoms with van der Waals surface area (Å²) in [5, 5.41) is 9.51. The molecule has 0 fully saturated rings. The van der Waals surface area contributed by atoms with Gasteiger partial charge in [0.2, 0.25) is 0 Å². The lowest BCUT2D eigenvalue weighted by atomic mass is 9.70. The molecule has 1 heterocycles. The first-order valence-electron chi connectivity index (χ1n) is 9.58. The summed E-state index contributed by atoms with van der Waals surface area (Å²) in [6, 6.07) is 21.3. The standard InChI is InChI=1S/C22H16B3FN4/c23-16-14(11-27)19(26)18(25)17(24)15(16)22-29-20(12-7-3-1-4-8-12)28-21(30-22)13-9-5-2-6-10-13/h1-10H,23-25H2. The second kappa shape index (κ2) is 7.96. The fourth-order valence-corrected chi connectivity index (χ4v) is 3.50. The third-order valence-corrected chi connectivity index (χ3v) is 5.27. The second-order valence-electron chi connectivity index (χ2n) is 7.09. The first-order valence-corrected chi connectivity index (χ1v) is 9.58. The molecule has 0 bridgehead atoms. The Balaban J connectivity index is 2.04. The van der Waals surface area contributed by atoms with Crippen LogP contribution in [0.5, 0.6) is 0 Å². The van der Waals surface area contributed by atoms with Gasteiger partial charge in [0.1, 0.15) is 35.4 Å². The lowest BCUT2D eigenvalue weighted by Crippen LogP contribution is -2.38. The molecule has 0 radical (unpaired) electrons. The van der Waals surface area contributed by atoms with Crippen LogP contribution in [0.1, 0.15) is 5.56 Å². The monoisotopic (exact) mass is 388 g/mol. The summed E-state index contributed by atoms with van der Waals surface area (Å²) in [5.41, 5.74) is 4.07. The highest BCUT2D eigenvalue weighted by molar-refractivity contribution is 6.54. The molecule has 4 nitrogen and oxygen atoms in total. The SMILES string of the molecule is Bc1c(B)c(-c2nc(-c3ccccc3)nc(-c3ccccc3)n2)c(B)c(C#N)c1F. The summed E-state index contributed by atoms with van der Waals surface area (Å²) >= 11 is 0. The normalized spacial score (nSPS) is 10.5. The zero-order valence-corrected chi connectivity index (χ0v) is 16.9. The Morgan fingerprint density at radius 2 is 1.13 bits per heavy atom. The molecule has 0 spiro atoms. The lowest BCUT2D eigenvalue weighted by molar-refractivity contribution is 0.634. The molecule has 3 aromatic carbocycles. The highest BCUT2D eigenvalue weighted by atomic mass is 19.1. The van der Waals surface area contributed by atoms with Crippen LogP contribution in [-0.2, 0) is 0 Å². The Labute approximate surface area is 177 Å². The zero-order valence-electron chi connectivity index (χ0n) is 16.9. The predicted molar refractivity (Wildman–Crippen MR) is 125 cm³/mol. The fraction of sp³-hybridized carbons (Fsp3) is 0. The minimum absolute atomic E-state index is 0.0241. The zero-order chi connectivity index (χ0) is 21.3. The number of halogens is 1. The van der Waals surface area contributed by atoms with Crippen LogP contribution in [0.2, 0.25) is 0 Å². The van der Waals surface area contributed by atoms with Gasteiger partial charge in [-0.3, -0.25) is 0 Å². The fourth-order valence-electron chi connectivity index (χ4n) is 3.50. The van der Waals surface area contributed by atoms with E-state index in [1.807, 2.05) is 74.6 Å². The van der Waals surface area contributed by atoms with Gasteiger partial charge in [-0.1, -0.05) is 77.1 Å². The van der Waals surface area contributed by atoms with E-state index in [4.69, 9.17) is 9.97 Å². The van der Waals surface area contributed by atoms with Crippen LogP contribution in [0.25, 0.3) is 34.2 Å². The van der Waals surface area contributed by atoms with Crippen molar-refractivity contribution < 1.29 is 4.39 Å². The smallest absolute Gasteiger partial charge is 0.164 e. The van der Waals surface area contributed by atoms with E-state index in [0.717, 1.165) is 11.1 Å². The highest BCUT2D eigenvalue weighted by Crippen LogP contribution is 2.23. The summed E-state index contributed by atoms with van der Waals surface area (Å²) in [6.07, 6.45) is 0. The van der Waals surface area contributed by atoms with Crippen molar-refractivity contribution in [2.45, 2.75) is 0 Å². The number of benzene rings is 3. The first kappa shape index (κ1) is 19.6. The van der Waals surface area contributed by atoms with E-state index in [2.05, 4.69) is 4.98 Å². The van der Waals surface area contributed by atoms with Gasteiger partial charge in [0.25, 0.3) is 0 Å². The minimum atomic E-state index is -0.489. The van der Waals surface area contributed by atoms with Crippen molar-refractivity contribution in [3.63, 3.8) is 0 Å². The van der Waals surface area contributed by atoms with Crippen molar-refractivity contribution in [3.8, 4) is 40.2 Å². The van der Waals surface area contributed by atoms with Gasteiger partial charge in [-0.2, -0.15) is 5.26 Å². The van der Waals surface area contributed by atoms with Crippen molar-refractivity contribution >= 4 is 39.9 Å². The molecule has 0 atom stereocenters.